The number of anilines is 1. The highest BCUT2D eigenvalue weighted by atomic mass is 35.5. The predicted octanol–water partition coefficient (Wildman–Crippen LogP) is 4.49. The van der Waals surface area contributed by atoms with Crippen LogP contribution < -0.4 is 10.1 Å². The molecule has 128 valence electrons. The van der Waals surface area contributed by atoms with Crippen LogP contribution in [0.5, 0.6) is 5.75 Å². The minimum atomic E-state index is -4.43. The zero-order valence-electron chi connectivity index (χ0n) is 12.4. The highest BCUT2D eigenvalue weighted by molar-refractivity contribution is 7.99. The first-order valence-electron chi connectivity index (χ1n) is 6.59. The Kier molecular flexibility index (Phi) is 5.95. The standard InChI is InChI=1S/C15H12ClF3N2O2S/c1-23-12-4-3-10(6-11(12)16)21-13(22)8-24-14-5-2-9(7-20-14)15(17,18)19/h2-7H,8H2,1H3,(H,21,22). The minimum Gasteiger partial charge on any atom is -0.495 e. The van der Waals surface area contributed by atoms with Gasteiger partial charge in [-0.2, -0.15) is 13.2 Å². The maximum absolute atomic E-state index is 12.4. The van der Waals surface area contributed by atoms with Crippen LogP contribution in [0.4, 0.5) is 18.9 Å². The van der Waals surface area contributed by atoms with Crippen LogP contribution in [0.3, 0.4) is 0 Å². The minimum absolute atomic E-state index is 0.00200. The lowest BCUT2D eigenvalue weighted by molar-refractivity contribution is -0.137. The molecule has 0 fully saturated rings. The van der Waals surface area contributed by atoms with E-state index in [-0.39, 0.29) is 11.7 Å². The smallest absolute Gasteiger partial charge is 0.417 e. The van der Waals surface area contributed by atoms with E-state index in [9.17, 15) is 18.0 Å². The van der Waals surface area contributed by atoms with E-state index in [0.717, 1.165) is 24.0 Å². The van der Waals surface area contributed by atoms with E-state index in [4.69, 9.17) is 16.3 Å². The number of carbonyl (C=O) groups excluding carboxylic acids is 1. The van der Waals surface area contributed by atoms with Gasteiger partial charge in [-0.3, -0.25) is 4.79 Å². The molecule has 2 aromatic rings. The summed E-state index contributed by atoms with van der Waals surface area (Å²) in [6.45, 7) is 0. The van der Waals surface area contributed by atoms with Crippen molar-refractivity contribution in [3.63, 3.8) is 0 Å². The molecule has 0 saturated heterocycles. The van der Waals surface area contributed by atoms with Crippen molar-refractivity contribution in [3.05, 3.63) is 47.1 Å². The van der Waals surface area contributed by atoms with Crippen LogP contribution in [0, 0.1) is 0 Å². The van der Waals surface area contributed by atoms with Crippen LogP contribution in [0.2, 0.25) is 5.02 Å². The molecule has 1 heterocycles. The van der Waals surface area contributed by atoms with E-state index in [1.165, 1.54) is 13.2 Å². The summed E-state index contributed by atoms with van der Waals surface area (Å²) < 4.78 is 42.3. The fraction of sp³-hybridized carbons (Fsp3) is 0.200. The number of hydrogen-bond acceptors (Lipinski definition) is 4. The third-order valence-corrected chi connectivity index (χ3v) is 4.09. The van der Waals surface area contributed by atoms with Crippen molar-refractivity contribution in [3.8, 4) is 5.75 Å². The predicted molar refractivity (Wildman–Crippen MR) is 86.6 cm³/mol. The second-order valence-electron chi connectivity index (χ2n) is 4.57. The van der Waals surface area contributed by atoms with Crippen LogP contribution in [0.25, 0.3) is 0 Å². The van der Waals surface area contributed by atoms with Crippen molar-refractivity contribution < 1.29 is 22.7 Å². The lowest BCUT2D eigenvalue weighted by Gasteiger charge is -2.08. The number of aromatic nitrogens is 1. The van der Waals surface area contributed by atoms with Gasteiger partial charge in [-0.05, 0) is 30.3 Å². The van der Waals surface area contributed by atoms with Crippen LogP contribution in [-0.2, 0) is 11.0 Å². The molecule has 0 atom stereocenters. The highest BCUT2D eigenvalue weighted by Crippen LogP contribution is 2.30. The number of amides is 1. The van der Waals surface area contributed by atoms with Crippen LogP contribution in [0.1, 0.15) is 5.56 Å². The number of halogens is 4. The van der Waals surface area contributed by atoms with E-state index in [2.05, 4.69) is 10.3 Å². The number of hydrogen-bond donors (Lipinski definition) is 1. The van der Waals surface area contributed by atoms with E-state index >= 15 is 0 Å². The average molecular weight is 377 g/mol. The third-order valence-electron chi connectivity index (χ3n) is 2.85. The number of methoxy groups -OCH3 is 1. The van der Waals surface area contributed by atoms with Gasteiger partial charge in [-0.1, -0.05) is 23.4 Å². The van der Waals surface area contributed by atoms with E-state index < -0.39 is 11.7 Å². The number of rotatable bonds is 5. The molecule has 24 heavy (non-hydrogen) atoms. The van der Waals surface area contributed by atoms with Crippen LogP contribution in [0.15, 0.2) is 41.6 Å². The molecule has 0 aliphatic heterocycles. The van der Waals surface area contributed by atoms with Crippen LogP contribution in [-0.4, -0.2) is 23.8 Å². The molecule has 0 unspecified atom stereocenters. The number of nitrogens with one attached hydrogen (secondary N) is 1. The Balaban J connectivity index is 1.90. The van der Waals surface area contributed by atoms with Gasteiger partial charge in [0.25, 0.3) is 0 Å². The van der Waals surface area contributed by atoms with Crippen molar-refractivity contribution in [2.75, 3.05) is 18.2 Å². The summed E-state index contributed by atoms with van der Waals surface area (Å²) in [5.74, 6) is 0.156. The number of nitrogens with zero attached hydrogens (tertiary/aromatic N) is 1. The van der Waals surface area contributed by atoms with Gasteiger partial charge in [0.2, 0.25) is 5.91 Å². The Morgan fingerprint density at radius 1 is 1.33 bits per heavy atom. The maximum atomic E-state index is 12.4. The number of pyridine rings is 1. The zero-order chi connectivity index (χ0) is 17.7. The lowest BCUT2D eigenvalue weighted by atomic mass is 10.3. The molecule has 0 aliphatic carbocycles. The topological polar surface area (TPSA) is 51.2 Å². The van der Waals surface area contributed by atoms with Gasteiger partial charge in [-0.15, -0.1) is 0 Å². The molecule has 4 nitrogen and oxygen atoms in total. The van der Waals surface area contributed by atoms with Crippen molar-refractivity contribution in [1.29, 1.82) is 0 Å². The Hall–Kier alpha value is -1.93. The molecule has 0 aliphatic rings. The summed E-state index contributed by atoms with van der Waals surface area (Å²) in [5.41, 5.74) is -0.337. The van der Waals surface area contributed by atoms with E-state index in [0.29, 0.717) is 21.5 Å². The summed E-state index contributed by atoms with van der Waals surface area (Å²) in [5, 5.41) is 3.31. The van der Waals surface area contributed by atoms with Gasteiger partial charge < -0.3 is 10.1 Å². The fourth-order valence-electron chi connectivity index (χ4n) is 1.71. The Bertz CT molecular complexity index is 724. The Labute approximate surface area is 145 Å². The number of thioether (sulfide) groups is 1. The summed E-state index contributed by atoms with van der Waals surface area (Å²) in [6.07, 6.45) is -3.69. The van der Waals surface area contributed by atoms with Gasteiger partial charge >= 0.3 is 6.18 Å². The molecule has 0 spiro atoms. The molecule has 0 bridgehead atoms. The summed E-state index contributed by atoms with van der Waals surface area (Å²) in [7, 11) is 1.48. The fourth-order valence-corrected chi connectivity index (χ4v) is 2.61. The van der Waals surface area contributed by atoms with Gasteiger partial charge in [0.05, 0.1) is 28.5 Å². The van der Waals surface area contributed by atoms with Crippen molar-refractivity contribution in [2.45, 2.75) is 11.2 Å². The Morgan fingerprint density at radius 3 is 2.62 bits per heavy atom. The van der Waals surface area contributed by atoms with Crippen molar-refractivity contribution in [2.24, 2.45) is 0 Å². The number of benzene rings is 1. The van der Waals surface area contributed by atoms with Gasteiger partial charge in [-0.25, -0.2) is 4.98 Å². The molecule has 1 aromatic heterocycles. The average Bonchev–Trinajstić information content (AvgIpc) is 2.53. The molecular formula is C15H12ClF3N2O2S. The number of alkyl halides is 3. The molecule has 0 radical (unpaired) electrons. The molecule has 1 N–H and O–H groups in total. The van der Waals surface area contributed by atoms with Crippen molar-refractivity contribution >= 4 is 35.0 Å². The van der Waals surface area contributed by atoms with Gasteiger partial charge in [0, 0.05) is 11.9 Å². The van der Waals surface area contributed by atoms with E-state index in [1.54, 1.807) is 18.2 Å². The lowest BCUT2D eigenvalue weighted by Crippen LogP contribution is -2.14. The highest BCUT2D eigenvalue weighted by Gasteiger charge is 2.30. The molecule has 1 amide bonds. The molecule has 9 heteroatoms. The van der Waals surface area contributed by atoms with Crippen LogP contribution >= 0.6 is 23.4 Å². The second-order valence-corrected chi connectivity index (χ2v) is 5.97. The summed E-state index contributed by atoms with van der Waals surface area (Å²) in [4.78, 5) is 15.5. The van der Waals surface area contributed by atoms with E-state index in [1.807, 2.05) is 0 Å². The first kappa shape index (κ1) is 18.4. The number of carbonyl (C=O) groups is 1. The third kappa shape index (κ3) is 5.04. The quantitative estimate of drug-likeness (QED) is 0.781. The molecule has 0 saturated carbocycles. The normalized spacial score (nSPS) is 11.2. The monoisotopic (exact) mass is 376 g/mol. The maximum Gasteiger partial charge on any atom is 0.417 e. The zero-order valence-corrected chi connectivity index (χ0v) is 13.9. The van der Waals surface area contributed by atoms with Gasteiger partial charge in [0.1, 0.15) is 5.75 Å². The first-order chi connectivity index (χ1) is 11.3. The molecular weight excluding hydrogens is 365 g/mol. The van der Waals surface area contributed by atoms with Crippen molar-refractivity contribution in [1.82, 2.24) is 4.98 Å². The Morgan fingerprint density at radius 2 is 2.08 bits per heavy atom. The largest absolute Gasteiger partial charge is 0.495 e. The SMILES string of the molecule is COc1ccc(NC(=O)CSc2ccc(C(F)(F)F)cn2)cc1Cl. The summed E-state index contributed by atoms with van der Waals surface area (Å²) in [6, 6.07) is 6.94. The first-order valence-corrected chi connectivity index (χ1v) is 7.95. The summed E-state index contributed by atoms with van der Waals surface area (Å²) >= 11 is 6.98. The van der Waals surface area contributed by atoms with Gasteiger partial charge in [0.15, 0.2) is 0 Å². The second kappa shape index (κ2) is 7.76. The molecule has 2 rings (SSSR count). The number of ether oxygens (including phenoxy) is 1. The molecule has 1 aromatic carbocycles.